The van der Waals surface area contributed by atoms with E-state index in [0.29, 0.717) is 16.4 Å². The van der Waals surface area contributed by atoms with Gasteiger partial charge in [-0.15, -0.1) is 0 Å². The molecule has 0 fully saturated rings. The standard InChI is InChI=1S/C16H17ClN2O4S/c1-24(21,22)19-14-8-6-13(7-9-14)18-16(20)11-23-10-12-4-2-3-5-15(12)17/h2-9,19H,10-11H2,1H3,(H,18,20). The summed E-state index contributed by atoms with van der Waals surface area (Å²) in [5.74, 6) is -0.314. The Morgan fingerprint density at radius 1 is 1.08 bits per heavy atom. The van der Waals surface area contributed by atoms with E-state index in [0.717, 1.165) is 11.8 Å². The minimum absolute atomic E-state index is 0.117. The number of benzene rings is 2. The van der Waals surface area contributed by atoms with Crippen molar-refractivity contribution in [2.24, 2.45) is 0 Å². The van der Waals surface area contributed by atoms with E-state index in [1.807, 2.05) is 18.2 Å². The van der Waals surface area contributed by atoms with Gasteiger partial charge in [0.05, 0.1) is 12.9 Å². The number of ether oxygens (including phenoxy) is 1. The van der Waals surface area contributed by atoms with Crippen LogP contribution < -0.4 is 10.0 Å². The van der Waals surface area contributed by atoms with Crippen LogP contribution in [0.2, 0.25) is 5.02 Å². The molecule has 0 heterocycles. The van der Waals surface area contributed by atoms with Crippen LogP contribution in [-0.2, 0) is 26.2 Å². The molecule has 24 heavy (non-hydrogen) atoms. The Balaban J connectivity index is 1.81. The molecule has 0 aliphatic rings. The van der Waals surface area contributed by atoms with E-state index in [2.05, 4.69) is 10.0 Å². The molecule has 0 saturated carbocycles. The molecule has 128 valence electrons. The fourth-order valence-electron chi connectivity index (χ4n) is 1.90. The third-order valence-electron chi connectivity index (χ3n) is 2.92. The Bertz CT molecular complexity index is 807. The molecular weight excluding hydrogens is 352 g/mol. The van der Waals surface area contributed by atoms with Crippen molar-refractivity contribution in [3.05, 3.63) is 59.1 Å². The minimum Gasteiger partial charge on any atom is -0.367 e. The van der Waals surface area contributed by atoms with Gasteiger partial charge >= 0.3 is 0 Å². The third kappa shape index (κ3) is 6.19. The SMILES string of the molecule is CS(=O)(=O)Nc1ccc(NC(=O)COCc2ccccc2Cl)cc1. The Hall–Kier alpha value is -2.09. The molecule has 0 aromatic heterocycles. The number of sulfonamides is 1. The smallest absolute Gasteiger partial charge is 0.250 e. The average molecular weight is 369 g/mol. The molecule has 0 spiro atoms. The zero-order chi connectivity index (χ0) is 17.6. The normalized spacial score (nSPS) is 11.1. The van der Waals surface area contributed by atoms with Gasteiger partial charge in [0.2, 0.25) is 15.9 Å². The highest BCUT2D eigenvalue weighted by molar-refractivity contribution is 7.92. The largest absolute Gasteiger partial charge is 0.367 e. The molecule has 0 unspecified atom stereocenters. The second kappa shape index (κ2) is 8.14. The third-order valence-corrected chi connectivity index (χ3v) is 3.90. The summed E-state index contributed by atoms with van der Waals surface area (Å²) >= 11 is 6.00. The minimum atomic E-state index is -3.32. The van der Waals surface area contributed by atoms with Crippen molar-refractivity contribution in [2.75, 3.05) is 22.9 Å². The van der Waals surface area contributed by atoms with Gasteiger partial charge in [-0.3, -0.25) is 9.52 Å². The Morgan fingerprint density at radius 2 is 1.71 bits per heavy atom. The van der Waals surface area contributed by atoms with Gasteiger partial charge in [-0.05, 0) is 35.9 Å². The summed E-state index contributed by atoms with van der Waals surface area (Å²) in [4.78, 5) is 11.8. The Kier molecular flexibility index (Phi) is 6.19. The summed E-state index contributed by atoms with van der Waals surface area (Å²) in [7, 11) is -3.32. The Labute approximate surface area is 145 Å². The molecule has 2 N–H and O–H groups in total. The second-order valence-electron chi connectivity index (χ2n) is 5.08. The Morgan fingerprint density at radius 3 is 2.33 bits per heavy atom. The highest BCUT2D eigenvalue weighted by Crippen LogP contribution is 2.16. The van der Waals surface area contributed by atoms with E-state index in [9.17, 15) is 13.2 Å². The van der Waals surface area contributed by atoms with Crippen LogP contribution in [0.3, 0.4) is 0 Å². The fraction of sp³-hybridized carbons (Fsp3) is 0.188. The molecule has 6 nitrogen and oxygen atoms in total. The maximum absolute atomic E-state index is 11.8. The van der Waals surface area contributed by atoms with Gasteiger partial charge in [0.15, 0.2) is 0 Å². The predicted octanol–water partition coefficient (Wildman–Crippen LogP) is 2.87. The van der Waals surface area contributed by atoms with Gasteiger partial charge in [0, 0.05) is 16.4 Å². The van der Waals surface area contributed by atoms with E-state index >= 15 is 0 Å². The molecule has 0 aliphatic carbocycles. The lowest BCUT2D eigenvalue weighted by Gasteiger charge is -2.08. The maximum Gasteiger partial charge on any atom is 0.250 e. The lowest BCUT2D eigenvalue weighted by Crippen LogP contribution is -2.18. The number of anilines is 2. The van der Waals surface area contributed by atoms with Crippen molar-refractivity contribution in [3.8, 4) is 0 Å². The van der Waals surface area contributed by atoms with Crippen LogP contribution in [-0.4, -0.2) is 27.2 Å². The number of carbonyl (C=O) groups is 1. The van der Waals surface area contributed by atoms with Crippen LogP contribution in [0.1, 0.15) is 5.56 Å². The predicted molar refractivity (Wildman–Crippen MR) is 94.6 cm³/mol. The summed E-state index contributed by atoms with van der Waals surface area (Å²) in [6, 6.07) is 13.6. The highest BCUT2D eigenvalue weighted by atomic mass is 35.5. The van der Waals surface area contributed by atoms with Gasteiger partial charge in [-0.25, -0.2) is 8.42 Å². The van der Waals surface area contributed by atoms with Crippen LogP contribution in [0.5, 0.6) is 0 Å². The van der Waals surface area contributed by atoms with Crippen LogP contribution in [0.25, 0.3) is 0 Å². The molecule has 2 aromatic carbocycles. The zero-order valence-electron chi connectivity index (χ0n) is 13.0. The first-order chi connectivity index (χ1) is 11.3. The van der Waals surface area contributed by atoms with Gasteiger partial charge in [-0.2, -0.15) is 0 Å². The van der Waals surface area contributed by atoms with E-state index in [1.54, 1.807) is 30.3 Å². The lowest BCUT2D eigenvalue weighted by atomic mass is 10.2. The molecule has 0 radical (unpaired) electrons. The van der Waals surface area contributed by atoms with E-state index < -0.39 is 10.0 Å². The molecule has 1 amide bonds. The van der Waals surface area contributed by atoms with Crippen molar-refractivity contribution in [1.82, 2.24) is 0 Å². The van der Waals surface area contributed by atoms with Crippen LogP contribution in [0, 0.1) is 0 Å². The van der Waals surface area contributed by atoms with E-state index in [1.165, 1.54) is 0 Å². The first kappa shape index (κ1) is 18.3. The zero-order valence-corrected chi connectivity index (χ0v) is 14.5. The van der Waals surface area contributed by atoms with Gasteiger partial charge in [-0.1, -0.05) is 29.8 Å². The highest BCUT2D eigenvalue weighted by Gasteiger charge is 2.06. The number of hydrogen-bond acceptors (Lipinski definition) is 4. The van der Waals surface area contributed by atoms with Crippen molar-refractivity contribution in [3.63, 3.8) is 0 Å². The summed E-state index contributed by atoms with van der Waals surface area (Å²) in [5, 5.41) is 3.25. The number of nitrogens with one attached hydrogen (secondary N) is 2. The van der Waals surface area contributed by atoms with Crippen molar-refractivity contribution < 1.29 is 17.9 Å². The number of amides is 1. The van der Waals surface area contributed by atoms with E-state index in [4.69, 9.17) is 16.3 Å². The molecule has 0 aliphatic heterocycles. The number of rotatable bonds is 7. The average Bonchev–Trinajstić information content (AvgIpc) is 2.50. The summed E-state index contributed by atoms with van der Waals surface area (Å²) in [5.41, 5.74) is 1.77. The van der Waals surface area contributed by atoms with Gasteiger partial charge in [0.25, 0.3) is 0 Å². The molecule has 0 saturated heterocycles. The van der Waals surface area contributed by atoms with Gasteiger partial charge in [0.1, 0.15) is 6.61 Å². The molecule has 2 rings (SSSR count). The topological polar surface area (TPSA) is 84.5 Å². The monoisotopic (exact) mass is 368 g/mol. The number of carbonyl (C=O) groups excluding carboxylic acids is 1. The van der Waals surface area contributed by atoms with Crippen LogP contribution in [0.4, 0.5) is 11.4 Å². The first-order valence-corrected chi connectivity index (χ1v) is 9.29. The molecular formula is C16H17ClN2O4S. The number of hydrogen-bond donors (Lipinski definition) is 2. The summed E-state index contributed by atoms with van der Waals surface area (Å²) in [6.07, 6.45) is 1.07. The van der Waals surface area contributed by atoms with Crippen LogP contribution in [0.15, 0.2) is 48.5 Å². The molecule has 0 bridgehead atoms. The van der Waals surface area contributed by atoms with Crippen molar-refractivity contribution in [2.45, 2.75) is 6.61 Å². The maximum atomic E-state index is 11.8. The van der Waals surface area contributed by atoms with E-state index in [-0.39, 0.29) is 19.1 Å². The quantitative estimate of drug-likeness (QED) is 0.787. The lowest BCUT2D eigenvalue weighted by molar-refractivity contribution is -0.121. The fourth-order valence-corrected chi connectivity index (χ4v) is 2.66. The molecule has 0 atom stereocenters. The summed E-state index contributed by atoms with van der Waals surface area (Å²) < 4.78 is 29.9. The first-order valence-electron chi connectivity index (χ1n) is 7.02. The molecule has 2 aromatic rings. The van der Waals surface area contributed by atoms with Crippen LogP contribution >= 0.6 is 11.6 Å². The second-order valence-corrected chi connectivity index (χ2v) is 7.24. The van der Waals surface area contributed by atoms with Crippen molar-refractivity contribution in [1.29, 1.82) is 0 Å². The summed E-state index contributed by atoms with van der Waals surface area (Å²) in [6.45, 7) is 0.124. The molecule has 8 heteroatoms. The number of halogens is 1. The van der Waals surface area contributed by atoms with Crippen molar-refractivity contribution >= 4 is 38.9 Å². The van der Waals surface area contributed by atoms with Gasteiger partial charge < -0.3 is 10.1 Å².